The number of allylic oxidation sites excluding steroid dienone is 5. The summed E-state index contributed by atoms with van der Waals surface area (Å²) in [5.74, 6) is 0.782. The van der Waals surface area contributed by atoms with E-state index in [2.05, 4.69) is 102 Å². The number of aryl methyl sites for hydroxylation is 3. The van der Waals surface area contributed by atoms with Gasteiger partial charge >= 0.3 is 0 Å². The molecule has 0 bridgehead atoms. The second-order valence-electron chi connectivity index (χ2n) is 9.27. The molecule has 0 aromatic heterocycles. The molecule has 0 saturated heterocycles. The standard InChI is InChI=1S/C31H36O/c1-8-26-16-22(5)29(17-20(26)3)31(32)19-27-18-30(24(7)23(27)6)28(9-2)21(4)15-25-13-11-10-12-14-25/h10-14,16-18,21,23H,2,8,15,19H2,1,3-7H3. The molecule has 0 amide bonds. The Morgan fingerprint density at radius 1 is 1.09 bits per heavy atom. The van der Waals surface area contributed by atoms with Crippen molar-refractivity contribution in [1.29, 1.82) is 0 Å². The second-order valence-corrected chi connectivity index (χ2v) is 9.27. The Balaban J connectivity index is 1.82. The van der Waals surface area contributed by atoms with Crippen LogP contribution in [0, 0.1) is 25.7 Å². The summed E-state index contributed by atoms with van der Waals surface area (Å²) in [6.45, 7) is 17.0. The Labute approximate surface area is 194 Å². The number of carbonyl (C=O) groups is 1. The van der Waals surface area contributed by atoms with E-state index in [9.17, 15) is 4.79 Å². The highest BCUT2D eigenvalue weighted by Gasteiger charge is 2.27. The van der Waals surface area contributed by atoms with Gasteiger partial charge in [-0.25, -0.2) is 0 Å². The third-order valence-electron chi connectivity index (χ3n) is 7.05. The monoisotopic (exact) mass is 424 g/mol. The van der Waals surface area contributed by atoms with Gasteiger partial charge in [0.15, 0.2) is 5.78 Å². The summed E-state index contributed by atoms with van der Waals surface area (Å²) >= 11 is 0. The van der Waals surface area contributed by atoms with Crippen molar-refractivity contribution < 1.29 is 4.79 Å². The minimum Gasteiger partial charge on any atom is -0.294 e. The molecule has 1 aliphatic carbocycles. The smallest absolute Gasteiger partial charge is 0.167 e. The lowest BCUT2D eigenvalue weighted by Crippen LogP contribution is -2.08. The van der Waals surface area contributed by atoms with Crippen molar-refractivity contribution in [3.8, 4) is 0 Å². The zero-order valence-corrected chi connectivity index (χ0v) is 20.5. The van der Waals surface area contributed by atoms with E-state index in [0.29, 0.717) is 12.3 Å². The van der Waals surface area contributed by atoms with Crippen molar-refractivity contribution in [3.63, 3.8) is 0 Å². The zero-order valence-electron chi connectivity index (χ0n) is 20.5. The molecular formula is C31H36O. The Morgan fingerprint density at radius 3 is 2.41 bits per heavy atom. The largest absolute Gasteiger partial charge is 0.294 e. The van der Waals surface area contributed by atoms with Gasteiger partial charge < -0.3 is 0 Å². The van der Waals surface area contributed by atoms with Crippen molar-refractivity contribution >= 4 is 5.78 Å². The molecule has 0 spiro atoms. The first-order chi connectivity index (χ1) is 15.3. The van der Waals surface area contributed by atoms with Crippen LogP contribution in [0.2, 0.25) is 0 Å². The minimum atomic E-state index is 0.210. The van der Waals surface area contributed by atoms with Gasteiger partial charge in [0.05, 0.1) is 0 Å². The molecule has 1 nitrogen and oxygen atoms in total. The van der Waals surface area contributed by atoms with E-state index in [0.717, 1.165) is 29.5 Å². The maximum atomic E-state index is 13.3. The van der Waals surface area contributed by atoms with Crippen LogP contribution in [-0.4, -0.2) is 5.78 Å². The summed E-state index contributed by atoms with van der Waals surface area (Å²) in [4.78, 5) is 13.3. The fraction of sp³-hybridized carbons (Fsp3) is 0.355. The van der Waals surface area contributed by atoms with E-state index in [4.69, 9.17) is 0 Å². The van der Waals surface area contributed by atoms with E-state index in [1.165, 1.54) is 33.4 Å². The summed E-state index contributed by atoms with van der Waals surface area (Å²) in [5.41, 5.74) is 13.9. The van der Waals surface area contributed by atoms with Crippen molar-refractivity contribution in [3.05, 3.63) is 111 Å². The van der Waals surface area contributed by atoms with Gasteiger partial charge in [-0.3, -0.25) is 4.79 Å². The van der Waals surface area contributed by atoms with Crippen LogP contribution in [0.3, 0.4) is 0 Å². The molecule has 1 heteroatoms. The van der Waals surface area contributed by atoms with Crippen LogP contribution >= 0.6 is 0 Å². The molecule has 2 aromatic rings. The Morgan fingerprint density at radius 2 is 1.78 bits per heavy atom. The second kappa shape index (κ2) is 10.2. The van der Waals surface area contributed by atoms with Gasteiger partial charge in [-0.15, -0.1) is 5.73 Å². The Kier molecular flexibility index (Phi) is 7.54. The van der Waals surface area contributed by atoms with Crippen molar-refractivity contribution in [2.45, 2.75) is 60.8 Å². The van der Waals surface area contributed by atoms with Crippen LogP contribution in [0.1, 0.15) is 66.7 Å². The molecule has 32 heavy (non-hydrogen) atoms. The van der Waals surface area contributed by atoms with Crippen LogP contribution < -0.4 is 0 Å². The highest BCUT2D eigenvalue weighted by molar-refractivity contribution is 5.99. The van der Waals surface area contributed by atoms with E-state index >= 15 is 0 Å². The predicted molar refractivity (Wildman–Crippen MR) is 136 cm³/mol. The molecular weight excluding hydrogens is 388 g/mol. The van der Waals surface area contributed by atoms with Gasteiger partial charge in [0, 0.05) is 17.6 Å². The number of hydrogen-bond donors (Lipinski definition) is 0. The normalized spacial score (nSPS) is 16.6. The van der Waals surface area contributed by atoms with Gasteiger partial charge in [-0.05, 0) is 79.3 Å². The van der Waals surface area contributed by atoms with Crippen molar-refractivity contribution in [2.75, 3.05) is 0 Å². The maximum Gasteiger partial charge on any atom is 0.167 e. The first-order valence-corrected chi connectivity index (χ1v) is 11.8. The Hall–Kier alpha value is -2.89. The van der Waals surface area contributed by atoms with Crippen LogP contribution in [0.5, 0.6) is 0 Å². The lowest BCUT2D eigenvalue weighted by atomic mass is 9.87. The van der Waals surface area contributed by atoms with Gasteiger partial charge in [-0.2, -0.15) is 0 Å². The average molecular weight is 425 g/mol. The number of ketones is 1. The SMILES string of the molecule is C=C=C(C1=C(C)C(C)C(CC(=O)c2cc(C)c(CC)cc2C)=C1)C(C)Cc1ccccc1. The number of Topliss-reactive ketones (excluding diaryl/α,β-unsaturated/α-hetero) is 1. The molecule has 0 N–H and O–H groups in total. The number of hydrogen-bond acceptors (Lipinski definition) is 1. The summed E-state index contributed by atoms with van der Waals surface area (Å²) in [7, 11) is 0. The van der Waals surface area contributed by atoms with Crippen molar-refractivity contribution in [2.24, 2.45) is 11.8 Å². The molecule has 2 aromatic carbocycles. The van der Waals surface area contributed by atoms with Crippen LogP contribution in [0.4, 0.5) is 0 Å². The molecule has 166 valence electrons. The van der Waals surface area contributed by atoms with E-state index in [1.807, 2.05) is 0 Å². The van der Waals surface area contributed by atoms with Gasteiger partial charge in [0.2, 0.25) is 0 Å². The zero-order chi connectivity index (χ0) is 23.4. The lowest BCUT2D eigenvalue weighted by molar-refractivity contribution is 0.0990. The first kappa shape index (κ1) is 23.8. The molecule has 0 radical (unpaired) electrons. The molecule has 0 fully saturated rings. The van der Waals surface area contributed by atoms with Crippen LogP contribution in [-0.2, 0) is 12.8 Å². The summed E-state index contributed by atoms with van der Waals surface area (Å²) in [6, 6.07) is 14.8. The summed E-state index contributed by atoms with van der Waals surface area (Å²) in [5, 5.41) is 0. The van der Waals surface area contributed by atoms with Crippen molar-refractivity contribution in [1.82, 2.24) is 0 Å². The van der Waals surface area contributed by atoms with E-state index < -0.39 is 0 Å². The predicted octanol–water partition coefficient (Wildman–Crippen LogP) is 7.92. The molecule has 0 saturated carbocycles. The van der Waals surface area contributed by atoms with Crippen LogP contribution in [0.15, 0.2) is 83.1 Å². The Bertz CT molecular complexity index is 1120. The highest BCUT2D eigenvalue weighted by Crippen LogP contribution is 2.39. The summed E-state index contributed by atoms with van der Waals surface area (Å²) in [6.07, 6.45) is 4.64. The molecule has 2 atom stereocenters. The average Bonchev–Trinajstić information content (AvgIpc) is 3.04. The molecule has 1 aliphatic rings. The lowest BCUT2D eigenvalue weighted by Gasteiger charge is -2.16. The number of carbonyl (C=O) groups excluding carboxylic acids is 1. The van der Waals surface area contributed by atoms with Crippen LogP contribution in [0.25, 0.3) is 0 Å². The fourth-order valence-electron chi connectivity index (χ4n) is 4.87. The first-order valence-electron chi connectivity index (χ1n) is 11.8. The van der Waals surface area contributed by atoms with Gasteiger partial charge in [-0.1, -0.05) is 81.0 Å². The molecule has 0 aliphatic heterocycles. The number of benzene rings is 2. The molecule has 2 unspecified atom stereocenters. The van der Waals surface area contributed by atoms with E-state index in [1.54, 1.807) is 0 Å². The highest BCUT2D eigenvalue weighted by atomic mass is 16.1. The van der Waals surface area contributed by atoms with Gasteiger partial charge in [0.25, 0.3) is 0 Å². The fourth-order valence-corrected chi connectivity index (χ4v) is 4.87. The third-order valence-corrected chi connectivity index (χ3v) is 7.05. The third kappa shape index (κ3) is 4.95. The molecule has 0 heterocycles. The van der Waals surface area contributed by atoms with E-state index in [-0.39, 0.29) is 11.7 Å². The molecule has 3 rings (SSSR count). The minimum absolute atomic E-state index is 0.210. The number of rotatable bonds is 8. The quantitative estimate of drug-likeness (QED) is 0.311. The van der Waals surface area contributed by atoms with Gasteiger partial charge in [0.1, 0.15) is 0 Å². The maximum absolute atomic E-state index is 13.3. The topological polar surface area (TPSA) is 17.1 Å². The summed E-state index contributed by atoms with van der Waals surface area (Å²) < 4.78 is 0.